The Balaban J connectivity index is 1.94. The zero-order chi connectivity index (χ0) is 18.8. The first kappa shape index (κ1) is 19.5. The molecule has 0 atom stereocenters. The Labute approximate surface area is 160 Å². The van der Waals surface area contributed by atoms with Crippen molar-refractivity contribution in [1.29, 1.82) is 0 Å². The number of para-hydroxylation sites is 1. The van der Waals surface area contributed by atoms with Crippen LogP contribution in [0.1, 0.15) is 11.1 Å². The minimum absolute atomic E-state index is 0.355. The number of urea groups is 1. The van der Waals surface area contributed by atoms with Gasteiger partial charge in [0, 0.05) is 10.0 Å². The number of ether oxygens (including phenoxy) is 2. The van der Waals surface area contributed by atoms with Crippen LogP contribution in [0.2, 0.25) is 0 Å². The third-order valence-corrected chi connectivity index (χ3v) is 3.78. The molecule has 2 aromatic rings. The number of allylic oxidation sites excluding steroid dienone is 1. The van der Waals surface area contributed by atoms with E-state index in [0.29, 0.717) is 24.5 Å². The lowest BCUT2D eigenvalue weighted by Crippen LogP contribution is -2.24. The van der Waals surface area contributed by atoms with Gasteiger partial charge in [0.25, 0.3) is 0 Å². The zero-order valence-electron chi connectivity index (χ0n) is 14.2. The largest absolute Gasteiger partial charge is 0.490 e. The number of rotatable bonds is 9. The number of amides is 2. The number of primary amides is 1. The molecule has 0 spiro atoms. The predicted molar refractivity (Wildman–Crippen MR) is 106 cm³/mol. The average molecular weight is 418 g/mol. The van der Waals surface area contributed by atoms with E-state index in [1.807, 2.05) is 42.5 Å². The number of carbonyl (C=O) groups is 1. The predicted octanol–water partition coefficient (Wildman–Crippen LogP) is 3.64. The lowest BCUT2D eigenvalue weighted by Gasteiger charge is -2.12. The van der Waals surface area contributed by atoms with Crippen molar-refractivity contribution in [3.05, 3.63) is 70.7 Å². The molecule has 0 unspecified atom stereocenters. The molecule has 0 aromatic heterocycles. The van der Waals surface area contributed by atoms with Crippen LogP contribution < -0.4 is 20.6 Å². The van der Waals surface area contributed by atoms with Gasteiger partial charge in [-0.05, 0) is 36.2 Å². The molecule has 6 nitrogen and oxygen atoms in total. The molecular weight excluding hydrogens is 398 g/mol. The van der Waals surface area contributed by atoms with Gasteiger partial charge in [0.1, 0.15) is 24.7 Å². The first-order valence-electron chi connectivity index (χ1n) is 7.92. The second kappa shape index (κ2) is 10.2. The number of benzene rings is 2. The van der Waals surface area contributed by atoms with Gasteiger partial charge in [0.2, 0.25) is 0 Å². The van der Waals surface area contributed by atoms with Gasteiger partial charge in [-0.3, -0.25) is 0 Å². The molecule has 0 saturated heterocycles. The molecule has 7 heteroatoms. The number of hydrogen-bond acceptors (Lipinski definition) is 4. The summed E-state index contributed by atoms with van der Waals surface area (Å²) in [4.78, 5) is 10.7. The van der Waals surface area contributed by atoms with E-state index in [-0.39, 0.29) is 0 Å². The maximum Gasteiger partial charge on any atom is 0.332 e. The van der Waals surface area contributed by atoms with E-state index in [1.54, 1.807) is 6.07 Å². The SMILES string of the molecule is C=CCc1ccccc1OCCOc1ccc(Br)cc1/C=N\NC(N)=O. The molecule has 2 rings (SSSR count). The standard InChI is InChI=1S/C19H20BrN3O3/c1-2-5-14-6-3-4-7-17(14)25-10-11-26-18-9-8-16(20)12-15(18)13-22-23-19(21)24/h2-4,6-9,12-13H,1,5,10-11H2,(H3,21,23,24)/b22-13-. The smallest absolute Gasteiger partial charge is 0.332 e. The molecular formula is C19H20BrN3O3. The van der Waals surface area contributed by atoms with Crippen LogP contribution in [-0.2, 0) is 6.42 Å². The van der Waals surface area contributed by atoms with Crippen molar-refractivity contribution < 1.29 is 14.3 Å². The van der Waals surface area contributed by atoms with Gasteiger partial charge in [-0.2, -0.15) is 5.10 Å². The van der Waals surface area contributed by atoms with Crippen molar-refractivity contribution in [1.82, 2.24) is 5.43 Å². The van der Waals surface area contributed by atoms with Crippen molar-refractivity contribution in [2.24, 2.45) is 10.8 Å². The van der Waals surface area contributed by atoms with Gasteiger partial charge in [0.05, 0.1) is 6.21 Å². The molecule has 0 bridgehead atoms. The van der Waals surface area contributed by atoms with Gasteiger partial charge in [-0.15, -0.1) is 6.58 Å². The number of nitrogens with zero attached hydrogens (tertiary/aromatic N) is 1. The summed E-state index contributed by atoms with van der Waals surface area (Å²) in [5.41, 5.74) is 8.91. The van der Waals surface area contributed by atoms with E-state index in [9.17, 15) is 4.79 Å². The number of nitrogens with two attached hydrogens (primary N) is 1. The fourth-order valence-corrected chi connectivity index (χ4v) is 2.57. The van der Waals surface area contributed by atoms with E-state index in [0.717, 1.165) is 22.2 Å². The third-order valence-electron chi connectivity index (χ3n) is 3.29. The summed E-state index contributed by atoms with van der Waals surface area (Å²) in [5, 5.41) is 3.76. The normalized spacial score (nSPS) is 10.5. The van der Waals surface area contributed by atoms with E-state index >= 15 is 0 Å². The highest BCUT2D eigenvalue weighted by Gasteiger charge is 2.05. The molecule has 0 aliphatic rings. The highest BCUT2D eigenvalue weighted by Crippen LogP contribution is 2.22. The van der Waals surface area contributed by atoms with E-state index in [2.05, 4.69) is 33.0 Å². The molecule has 0 aliphatic heterocycles. The molecule has 2 amide bonds. The number of carbonyl (C=O) groups excluding carboxylic acids is 1. The molecule has 3 N–H and O–H groups in total. The summed E-state index contributed by atoms with van der Waals surface area (Å²) in [6.45, 7) is 4.50. The summed E-state index contributed by atoms with van der Waals surface area (Å²) < 4.78 is 12.4. The summed E-state index contributed by atoms with van der Waals surface area (Å²) in [5.74, 6) is 1.44. The Morgan fingerprint density at radius 3 is 2.65 bits per heavy atom. The van der Waals surface area contributed by atoms with E-state index < -0.39 is 6.03 Å². The third kappa shape index (κ3) is 6.25. The van der Waals surface area contributed by atoms with Crippen molar-refractivity contribution in [2.45, 2.75) is 6.42 Å². The molecule has 2 aromatic carbocycles. The van der Waals surface area contributed by atoms with Crippen LogP contribution in [0, 0.1) is 0 Å². The van der Waals surface area contributed by atoms with Crippen LogP contribution >= 0.6 is 15.9 Å². The van der Waals surface area contributed by atoms with Crippen molar-refractivity contribution in [2.75, 3.05) is 13.2 Å². The van der Waals surface area contributed by atoms with Gasteiger partial charge in [0.15, 0.2) is 0 Å². The molecule has 0 aliphatic carbocycles. The van der Waals surface area contributed by atoms with Crippen LogP contribution in [-0.4, -0.2) is 25.5 Å². The first-order chi connectivity index (χ1) is 12.6. The quantitative estimate of drug-likeness (QED) is 0.282. The second-order valence-electron chi connectivity index (χ2n) is 5.21. The van der Waals surface area contributed by atoms with Gasteiger partial charge in [-0.1, -0.05) is 40.2 Å². The van der Waals surface area contributed by atoms with Crippen molar-refractivity contribution in [3.63, 3.8) is 0 Å². The van der Waals surface area contributed by atoms with Crippen molar-refractivity contribution >= 4 is 28.2 Å². The topological polar surface area (TPSA) is 85.9 Å². The maximum atomic E-state index is 10.7. The Kier molecular flexibility index (Phi) is 7.70. The van der Waals surface area contributed by atoms with Gasteiger partial charge in [-0.25, -0.2) is 10.2 Å². The lowest BCUT2D eigenvalue weighted by atomic mass is 10.1. The average Bonchev–Trinajstić information content (AvgIpc) is 2.61. The fourth-order valence-electron chi connectivity index (χ4n) is 2.19. The maximum absolute atomic E-state index is 10.7. The molecule has 0 fully saturated rings. The van der Waals surface area contributed by atoms with Gasteiger partial charge >= 0.3 is 6.03 Å². The highest BCUT2D eigenvalue weighted by molar-refractivity contribution is 9.10. The van der Waals surface area contributed by atoms with Crippen LogP contribution in [0.25, 0.3) is 0 Å². The summed E-state index contributed by atoms with van der Waals surface area (Å²) in [7, 11) is 0. The Morgan fingerprint density at radius 2 is 1.92 bits per heavy atom. The minimum Gasteiger partial charge on any atom is -0.490 e. The number of halogens is 1. The van der Waals surface area contributed by atoms with Crippen LogP contribution in [0.15, 0.2) is 64.7 Å². The molecule has 0 radical (unpaired) electrons. The van der Waals surface area contributed by atoms with Crippen molar-refractivity contribution in [3.8, 4) is 11.5 Å². The first-order valence-corrected chi connectivity index (χ1v) is 8.72. The van der Waals surface area contributed by atoms with Crippen LogP contribution in [0.3, 0.4) is 0 Å². The lowest BCUT2D eigenvalue weighted by molar-refractivity contribution is 0.216. The molecule has 0 heterocycles. The Morgan fingerprint density at radius 1 is 1.19 bits per heavy atom. The molecule has 136 valence electrons. The van der Waals surface area contributed by atoms with Crippen LogP contribution in [0.4, 0.5) is 4.79 Å². The highest BCUT2D eigenvalue weighted by atomic mass is 79.9. The molecule has 26 heavy (non-hydrogen) atoms. The number of nitrogens with one attached hydrogen (secondary N) is 1. The second-order valence-corrected chi connectivity index (χ2v) is 6.13. The van der Waals surface area contributed by atoms with Crippen LogP contribution in [0.5, 0.6) is 11.5 Å². The fraction of sp³-hybridized carbons (Fsp3) is 0.158. The monoisotopic (exact) mass is 417 g/mol. The minimum atomic E-state index is -0.731. The van der Waals surface area contributed by atoms with E-state index in [1.165, 1.54) is 6.21 Å². The Bertz CT molecular complexity index is 793. The number of hydrazone groups is 1. The Hall–Kier alpha value is -2.80. The number of hydrogen-bond donors (Lipinski definition) is 2. The van der Waals surface area contributed by atoms with E-state index in [4.69, 9.17) is 15.2 Å². The summed E-state index contributed by atoms with van der Waals surface area (Å²) in [6.07, 6.45) is 4.05. The summed E-state index contributed by atoms with van der Waals surface area (Å²) >= 11 is 3.39. The molecule has 0 saturated carbocycles. The zero-order valence-corrected chi connectivity index (χ0v) is 15.7. The summed E-state index contributed by atoms with van der Waals surface area (Å²) in [6, 6.07) is 12.6. The van der Waals surface area contributed by atoms with Gasteiger partial charge < -0.3 is 15.2 Å².